The van der Waals surface area contributed by atoms with Crippen LogP contribution in [0.15, 0.2) is 212 Å². The van der Waals surface area contributed by atoms with Gasteiger partial charge in [0.2, 0.25) is 0 Å². The van der Waals surface area contributed by atoms with E-state index in [1.54, 1.807) is 0 Å². The van der Waals surface area contributed by atoms with Gasteiger partial charge < -0.3 is 9.13 Å². The predicted molar refractivity (Wildman–Crippen MR) is 248 cm³/mol. The Balaban J connectivity index is 1.09. The van der Waals surface area contributed by atoms with Crippen LogP contribution in [-0.2, 0) is 0 Å². The molecule has 0 aliphatic heterocycles. The van der Waals surface area contributed by atoms with Crippen LogP contribution in [0.25, 0.3) is 111 Å². The van der Waals surface area contributed by atoms with E-state index >= 15 is 0 Å². The predicted octanol–water partition coefficient (Wildman–Crippen LogP) is 13.9. The Labute approximate surface area is 346 Å². The maximum atomic E-state index is 5.00. The van der Waals surface area contributed by atoms with Crippen LogP contribution in [0, 0.1) is 0 Å². The minimum Gasteiger partial charge on any atom is -0.309 e. The third-order valence-electron chi connectivity index (χ3n) is 11.8. The fraction of sp³-hybridized carbons (Fsp3) is 0. The van der Waals surface area contributed by atoms with Crippen molar-refractivity contribution in [2.24, 2.45) is 0 Å². The smallest absolute Gasteiger partial charge is 0.164 e. The molecule has 60 heavy (non-hydrogen) atoms. The summed E-state index contributed by atoms with van der Waals surface area (Å²) in [5, 5.41) is 7.39. The van der Waals surface area contributed by atoms with Gasteiger partial charge in [0.05, 0.1) is 27.8 Å². The molecule has 0 amide bonds. The van der Waals surface area contributed by atoms with Crippen molar-refractivity contribution in [3.8, 4) is 56.7 Å². The lowest BCUT2D eigenvalue weighted by Crippen LogP contribution is -2.00. The first kappa shape index (κ1) is 33.9. The van der Waals surface area contributed by atoms with Crippen molar-refractivity contribution in [3.05, 3.63) is 212 Å². The van der Waals surface area contributed by atoms with E-state index < -0.39 is 0 Å². The molecule has 3 aromatic heterocycles. The van der Waals surface area contributed by atoms with Crippen LogP contribution >= 0.6 is 0 Å². The normalized spacial score (nSPS) is 11.7. The molecular weight excluding hydrogens is 731 g/mol. The third kappa shape index (κ3) is 5.44. The van der Waals surface area contributed by atoms with Crippen LogP contribution < -0.4 is 0 Å². The Kier molecular flexibility index (Phi) is 7.78. The monoisotopic (exact) mass is 765 g/mol. The molecule has 5 nitrogen and oxygen atoms in total. The number of fused-ring (bicyclic) bond motifs is 8. The molecule has 0 N–H and O–H groups in total. The molecule has 0 saturated heterocycles. The average molecular weight is 766 g/mol. The molecule has 0 radical (unpaired) electrons. The van der Waals surface area contributed by atoms with Gasteiger partial charge in [0.1, 0.15) is 0 Å². The molecule has 0 aliphatic carbocycles. The number of nitrogens with zero attached hydrogens (tertiary/aromatic N) is 5. The molecule has 0 bridgehead atoms. The van der Waals surface area contributed by atoms with Crippen LogP contribution in [0.1, 0.15) is 0 Å². The summed E-state index contributed by atoms with van der Waals surface area (Å²) in [6.45, 7) is 0. The summed E-state index contributed by atoms with van der Waals surface area (Å²) in [6.07, 6.45) is 0. The Morgan fingerprint density at radius 3 is 1.52 bits per heavy atom. The Morgan fingerprint density at radius 2 is 0.833 bits per heavy atom. The topological polar surface area (TPSA) is 48.5 Å². The van der Waals surface area contributed by atoms with Crippen molar-refractivity contribution in [1.82, 2.24) is 24.1 Å². The van der Waals surface area contributed by atoms with Crippen molar-refractivity contribution >= 4 is 54.4 Å². The molecule has 0 fully saturated rings. The van der Waals surface area contributed by atoms with E-state index in [-0.39, 0.29) is 0 Å². The van der Waals surface area contributed by atoms with E-state index in [0.29, 0.717) is 17.5 Å². The van der Waals surface area contributed by atoms with Crippen LogP contribution in [0.5, 0.6) is 0 Å². The fourth-order valence-electron chi connectivity index (χ4n) is 9.01. The van der Waals surface area contributed by atoms with Gasteiger partial charge in [-0.1, -0.05) is 158 Å². The lowest BCUT2D eigenvalue weighted by Gasteiger charge is -2.14. The van der Waals surface area contributed by atoms with Gasteiger partial charge in [-0.05, 0) is 70.9 Å². The molecule has 0 saturated carbocycles. The second kappa shape index (κ2) is 13.8. The Hall–Kier alpha value is -8.15. The van der Waals surface area contributed by atoms with Gasteiger partial charge >= 0.3 is 0 Å². The van der Waals surface area contributed by atoms with Crippen LogP contribution in [0.4, 0.5) is 0 Å². The minimum atomic E-state index is 0.631. The molecule has 5 heteroatoms. The molecule has 0 spiro atoms. The molecule has 9 aromatic carbocycles. The highest BCUT2D eigenvalue weighted by Gasteiger charge is 2.21. The molecule has 0 atom stereocenters. The Bertz CT molecular complexity index is 3510. The first-order valence-electron chi connectivity index (χ1n) is 20.3. The van der Waals surface area contributed by atoms with Gasteiger partial charge in [-0.2, -0.15) is 0 Å². The number of para-hydroxylation sites is 2. The van der Waals surface area contributed by atoms with Crippen molar-refractivity contribution in [1.29, 1.82) is 0 Å². The lowest BCUT2D eigenvalue weighted by atomic mass is 10.0. The summed E-state index contributed by atoms with van der Waals surface area (Å²) in [5.74, 6) is 1.92. The highest BCUT2D eigenvalue weighted by Crippen LogP contribution is 2.43. The van der Waals surface area contributed by atoms with Gasteiger partial charge in [0, 0.05) is 49.5 Å². The van der Waals surface area contributed by atoms with Crippen molar-refractivity contribution < 1.29 is 0 Å². The van der Waals surface area contributed by atoms with Gasteiger partial charge in [0.15, 0.2) is 17.5 Å². The van der Waals surface area contributed by atoms with Crippen LogP contribution in [-0.4, -0.2) is 24.1 Å². The van der Waals surface area contributed by atoms with Gasteiger partial charge in [0.25, 0.3) is 0 Å². The summed E-state index contributed by atoms with van der Waals surface area (Å²) in [6, 6.07) is 75.2. The van der Waals surface area contributed by atoms with Crippen molar-refractivity contribution in [3.63, 3.8) is 0 Å². The number of aromatic nitrogens is 5. The summed E-state index contributed by atoms with van der Waals surface area (Å²) >= 11 is 0. The van der Waals surface area contributed by atoms with E-state index in [9.17, 15) is 0 Å². The van der Waals surface area contributed by atoms with E-state index in [1.807, 2.05) is 60.7 Å². The molecule has 3 heterocycles. The zero-order valence-corrected chi connectivity index (χ0v) is 32.4. The van der Waals surface area contributed by atoms with Crippen molar-refractivity contribution in [2.45, 2.75) is 0 Å². The number of benzene rings is 9. The second-order valence-corrected chi connectivity index (χ2v) is 15.2. The SMILES string of the molecule is c1ccc(-c2nc(-c3ccccc3)nc(-c3ccc(-n4c5ccccc5c5cc6c7c8ccccc8ccc7n(-c7ccccc7-c7ccccc7)c6cc54)cc3)n2)cc1. The minimum absolute atomic E-state index is 0.631. The van der Waals surface area contributed by atoms with Crippen molar-refractivity contribution in [2.75, 3.05) is 0 Å². The third-order valence-corrected chi connectivity index (χ3v) is 11.8. The second-order valence-electron chi connectivity index (χ2n) is 15.2. The van der Waals surface area contributed by atoms with Gasteiger partial charge in [-0.25, -0.2) is 15.0 Å². The zero-order chi connectivity index (χ0) is 39.6. The lowest BCUT2D eigenvalue weighted by molar-refractivity contribution is 1.07. The maximum Gasteiger partial charge on any atom is 0.164 e. The van der Waals surface area contributed by atoms with Gasteiger partial charge in [-0.15, -0.1) is 0 Å². The maximum absolute atomic E-state index is 5.00. The van der Waals surface area contributed by atoms with E-state index in [4.69, 9.17) is 15.0 Å². The summed E-state index contributed by atoms with van der Waals surface area (Å²) in [4.78, 5) is 14.9. The van der Waals surface area contributed by atoms with E-state index in [2.05, 4.69) is 161 Å². The molecule has 12 rings (SSSR count). The Morgan fingerprint density at radius 1 is 0.300 bits per heavy atom. The quantitative estimate of drug-likeness (QED) is 0.169. The zero-order valence-electron chi connectivity index (χ0n) is 32.4. The average Bonchev–Trinajstić information content (AvgIpc) is 3.83. The largest absolute Gasteiger partial charge is 0.309 e. The summed E-state index contributed by atoms with van der Waals surface area (Å²) < 4.78 is 4.87. The molecule has 280 valence electrons. The fourth-order valence-corrected chi connectivity index (χ4v) is 9.01. The summed E-state index contributed by atoms with van der Waals surface area (Å²) in [5.41, 5.74) is 12.0. The molecule has 0 unspecified atom stereocenters. The van der Waals surface area contributed by atoms with Crippen LogP contribution in [0.3, 0.4) is 0 Å². The van der Waals surface area contributed by atoms with E-state index in [0.717, 1.165) is 44.6 Å². The van der Waals surface area contributed by atoms with E-state index in [1.165, 1.54) is 49.0 Å². The molecule has 0 aliphatic rings. The first-order valence-corrected chi connectivity index (χ1v) is 20.3. The highest BCUT2D eigenvalue weighted by atomic mass is 15.0. The number of hydrogen-bond donors (Lipinski definition) is 0. The molecular formula is C55H35N5. The van der Waals surface area contributed by atoms with Gasteiger partial charge in [-0.3, -0.25) is 0 Å². The number of rotatable bonds is 6. The highest BCUT2D eigenvalue weighted by molar-refractivity contribution is 6.25. The standard InChI is InChI=1S/C55H35N5/c1-4-16-36(17-5-1)42-23-12-14-26-47(42)60-49-33-30-37-18-10-11-24-43(37)52(49)46-34-45-44-25-13-15-27-48(44)59(50(45)35-51(46)60)41-31-28-40(29-32-41)55-57-53(38-19-6-2-7-20-38)56-54(58-55)39-21-8-3-9-22-39/h1-35H. The number of hydrogen-bond acceptors (Lipinski definition) is 3. The summed E-state index contributed by atoms with van der Waals surface area (Å²) in [7, 11) is 0. The first-order chi connectivity index (χ1) is 29.8. The van der Waals surface area contributed by atoms with Crippen LogP contribution in [0.2, 0.25) is 0 Å². The molecule has 12 aromatic rings.